The van der Waals surface area contributed by atoms with Crippen LogP contribution < -0.4 is 35.5 Å². The number of carbonyl (C=O) groups excluding carboxylic acids is 7. The maximum atomic E-state index is 14.6. The molecule has 5 heterocycles. The molecule has 0 spiro atoms. The van der Waals surface area contributed by atoms with Gasteiger partial charge in [0.1, 0.15) is 47.0 Å². The second kappa shape index (κ2) is 32.2. The van der Waals surface area contributed by atoms with Crippen molar-refractivity contribution in [3.63, 3.8) is 0 Å². The molecule has 3 aliphatic heterocycles. The Balaban J connectivity index is 1.05. The van der Waals surface area contributed by atoms with Crippen LogP contribution in [0.25, 0.3) is 31.7 Å². The number of β-amino-alcohol motifs (C(OH)–C–C–N with tert-alkyl or cyclic N) is 1. The van der Waals surface area contributed by atoms with Crippen molar-refractivity contribution in [1.82, 2.24) is 56.4 Å². The minimum Gasteiger partial charge on any atom is -0.504 e. The molecule has 0 unspecified atom stereocenters. The second-order valence-corrected chi connectivity index (χ2v) is 23.9. The molecular weight excluding hydrogens is 1240 g/mol. The number of nitrogens with zero attached hydrogens (tertiary/aromatic N) is 7. The van der Waals surface area contributed by atoms with E-state index in [1.54, 1.807) is 29.2 Å². The molecular formula is C59H72N12O19S2. The molecule has 494 valence electrons. The summed E-state index contributed by atoms with van der Waals surface area (Å²) in [6, 6.07) is 5.65. The first-order valence-electron chi connectivity index (χ1n) is 29.5. The van der Waals surface area contributed by atoms with Crippen LogP contribution in [0.3, 0.4) is 0 Å². The Morgan fingerprint density at radius 1 is 0.815 bits per heavy atom. The van der Waals surface area contributed by atoms with Crippen LogP contribution in [0.1, 0.15) is 75.2 Å². The van der Waals surface area contributed by atoms with Gasteiger partial charge in [0.25, 0.3) is 18.2 Å². The van der Waals surface area contributed by atoms with E-state index < -0.39 is 165 Å². The SMILES string of the molecule is [C-]#[N+]C[C@@H](O)[C@@H]1NC(=O)[C@H]([C@H](O)Cc2ccc(O)c(OSOOO)c2)NC(=O)[C@@H]2C[C@H](O)CN2C(=O)[C@H]([C@H](C)O)NC(=O)[C@@H](NC(=O)c2ccc(-c3nnc(-c4cnn(-c5ccc(OCCCCCC)cc5)c4)s3)cc2)C[C@H](O)CNC(=O)[C@@H]2[C@@H](O)[C@H](C)CN2C1=O. The van der Waals surface area contributed by atoms with Crippen LogP contribution in [-0.2, 0) is 44.6 Å². The van der Waals surface area contributed by atoms with E-state index in [0.717, 1.165) is 66.0 Å². The lowest BCUT2D eigenvalue weighted by Crippen LogP contribution is -2.64. The predicted molar refractivity (Wildman–Crippen MR) is 325 cm³/mol. The van der Waals surface area contributed by atoms with Crippen molar-refractivity contribution in [2.24, 2.45) is 5.92 Å². The number of hydrogen-bond donors (Lipinski definition) is 13. The summed E-state index contributed by atoms with van der Waals surface area (Å²) in [6.45, 7) is 10.4. The average Bonchev–Trinajstić information content (AvgIpc) is 1.77. The van der Waals surface area contributed by atoms with Crippen LogP contribution in [0.5, 0.6) is 17.2 Å². The minimum atomic E-state index is -2.16. The maximum absolute atomic E-state index is 14.6. The lowest BCUT2D eigenvalue weighted by molar-refractivity contribution is -0.433. The van der Waals surface area contributed by atoms with Crippen molar-refractivity contribution in [2.75, 3.05) is 32.8 Å². The molecule has 92 heavy (non-hydrogen) atoms. The highest BCUT2D eigenvalue weighted by Gasteiger charge is 2.50. The number of ether oxygens (including phenoxy) is 1. The molecule has 3 fully saturated rings. The van der Waals surface area contributed by atoms with Gasteiger partial charge in [0.15, 0.2) is 22.6 Å². The summed E-state index contributed by atoms with van der Waals surface area (Å²) in [7, 11) is 0. The number of aliphatic hydroxyl groups is 6. The number of fused-ring (bicyclic) bond motifs is 2. The predicted octanol–water partition coefficient (Wildman–Crippen LogP) is -0.0465. The summed E-state index contributed by atoms with van der Waals surface area (Å²) in [5, 5.41) is 117. The van der Waals surface area contributed by atoms with Crippen LogP contribution in [0.2, 0.25) is 0 Å². The molecule has 3 saturated heterocycles. The minimum absolute atomic E-state index is 0.000169. The smallest absolute Gasteiger partial charge is 0.261 e. The van der Waals surface area contributed by atoms with Gasteiger partial charge in [-0.2, -0.15) is 5.10 Å². The Morgan fingerprint density at radius 3 is 2.21 bits per heavy atom. The van der Waals surface area contributed by atoms with Crippen LogP contribution in [-0.4, -0.2) is 218 Å². The van der Waals surface area contributed by atoms with Crippen molar-refractivity contribution in [3.8, 4) is 44.1 Å². The molecule has 5 aromatic rings. The van der Waals surface area contributed by atoms with E-state index in [4.69, 9.17) is 20.7 Å². The number of unbranched alkanes of at least 4 members (excludes halogenated alkanes) is 3. The number of benzene rings is 3. The van der Waals surface area contributed by atoms with Crippen LogP contribution in [0, 0.1) is 12.5 Å². The van der Waals surface area contributed by atoms with Crippen molar-refractivity contribution in [3.05, 3.63) is 102 Å². The van der Waals surface area contributed by atoms with Gasteiger partial charge in [-0.15, -0.1) is 10.2 Å². The Kier molecular flexibility index (Phi) is 24.4. The molecule has 0 bridgehead atoms. The zero-order valence-electron chi connectivity index (χ0n) is 50.0. The van der Waals surface area contributed by atoms with E-state index in [-0.39, 0.29) is 35.7 Å². The quantitative estimate of drug-likeness (QED) is 0.0151. The Morgan fingerprint density at radius 2 is 1.51 bits per heavy atom. The summed E-state index contributed by atoms with van der Waals surface area (Å²) in [4.78, 5) is 106. The first-order chi connectivity index (χ1) is 44.1. The molecule has 3 aliphatic rings. The van der Waals surface area contributed by atoms with Crippen LogP contribution >= 0.6 is 23.7 Å². The van der Waals surface area contributed by atoms with Gasteiger partial charge in [-0.3, -0.25) is 33.6 Å². The number of aromatic hydroxyl groups is 1. The third kappa shape index (κ3) is 17.4. The van der Waals surface area contributed by atoms with Crippen molar-refractivity contribution in [2.45, 2.75) is 139 Å². The third-order valence-corrected chi connectivity index (χ3v) is 17.1. The molecule has 0 radical (unpaired) electrons. The normalized spacial score (nSPS) is 24.6. The van der Waals surface area contributed by atoms with Crippen molar-refractivity contribution >= 4 is 65.0 Å². The van der Waals surface area contributed by atoms with Gasteiger partial charge >= 0.3 is 0 Å². The molecule has 7 amide bonds. The maximum Gasteiger partial charge on any atom is 0.261 e. The number of amides is 7. The number of nitrogens with one attached hydrogen (secondary N) is 5. The number of rotatable bonds is 21. The fourth-order valence-electron chi connectivity index (χ4n) is 10.7. The molecule has 13 N–H and O–H groups in total. The zero-order valence-corrected chi connectivity index (χ0v) is 51.6. The summed E-state index contributed by atoms with van der Waals surface area (Å²) in [5.74, 6) is -8.93. The van der Waals surface area contributed by atoms with Crippen LogP contribution in [0.15, 0.2) is 79.1 Å². The molecule has 3 aromatic carbocycles. The summed E-state index contributed by atoms with van der Waals surface area (Å²) in [6.07, 6.45) is -4.51. The number of aliphatic hydroxyl groups excluding tert-OH is 6. The van der Waals surface area contributed by atoms with Gasteiger partial charge < -0.3 is 85.9 Å². The molecule has 33 heteroatoms. The number of phenols is 1. The molecule has 0 saturated carbocycles. The lowest BCUT2D eigenvalue weighted by Gasteiger charge is -2.33. The van der Waals surface area contributed by atoms with Gasteiger partial charge in [-0.05, 0) is 67.4 Å². The summed E-state index contributed by atoms with van der Waals surface area (Å²) >= 11 is 1.32. The molecule has 2 aromatic heterocycles. The van der Waals surface area contributed by atoms with E-state index in [2.05, 4.69) is 63.0 Å². The Hall–Kier alpha value is -8.40. The standard InChI is InChI=1S/C59H72N12O19S2/c1-5-6-7-8-19-87-39-16-14-36(15-17-39)71-28-35(24-62-71)57-68-67-56(91-57)34-12-10-33(11-13-34)51(79)63-40-22-37(73)25-61-55(83)49-50(78)30(2)27-70(49)59(85)48(44(77)26-60-4)66-54(82)47(43(76)20-32-9-18-42(75)45(21-32)88-92-90-89-86)65-53(81)41-23-38(74)29-69(41)58(84)46(31(3)72)64-52(40)80/h9-18,21,24,28,30-31,37-38,40-41,43-44,46-50,72-78,86H,5-8,19-20,22-23,25-27,29H2,1-3H3,(H,61,83)(H,63,79)(H,64,80)(H,65,81)(H,66,82)/t30-,31+,37+,38+,40+,41+,43-,44-,46+,47+,48+,49+,50+/m1/s1. The lowest BCUT2D eigenvalue weighted by atomic mass is 9.99. The number of carbonyl (C=O) groups is 7. The number of aromatic nitrogens is 4. The summed E-state index contributed by atoms with van der Waals surface area (Å²) < 4.78 is 16.9. The Bertz CT molecular complexity index is 3430. The fourth-order valence-corrected chi connectivity index (χ4v) is 11.8. The number of phenolic OH excluding ortho intramolecular Hbond substituents is 1. The van der Waals surface area contributed by atoms with Crippen LogP contribution in [0.4, 0.5) is 0 Å². The molecule has 8 rings (SSSR count). The van der Waals surface area contributed by atoms with Gasteiger partial charge in [0, 0.05) is 62.1 Å². The second-order valence-electron chi connectivity index (χ2n) is 22.5. The van der Waals surface area contributed by atoms with E-state index in [0.29, 0.717) is 27.7 Å². The first kappa shape index (κ1) is 69.5. The molecule has 0 aliphatic carbocycles. The average molecular weight is 1320 g/mol. The van der Waals surface area contributed by atoms with E-state index in [1.807, 2.05) is 24.3 Å². The van der Waals surface area contributed by atoms with E-state index in [9.17, 15) is 69.3 Å². The molecule has 13 atom stereocenters. The molecule has 31 nitrogen and oxygen atoms in total. The first-order valence-corrected chi connectivity index (χ1v) is 31.0. The highest BCUT2D eigenvalue weighted by Crippen LogP contribution is 2.33. The fraction of sp³-hybridized carbons (Fsp3) is 0.475. The van der Waals surface area contributed by atoms with Gasteiger partial charge in [-0.1, -0.05) is 72.0 Å². The van der Waals surface area contributed by atoms with Gasteiger partial charge in [0.05, 0.1) is 54.6 Å². The third-order valence-electron chi connectivity index (χ3n) is 15.7. The highest BCUT2D eigenvalue weighted by molar-refractivity contribution is 7.90. The Labute approximate surface area is 535 Å². The largest absolute Gasteiger partial charge is 0.504 e. The zero-order chi connectivity index (χ0) is 66.3. The van der Waals surface area contributed by atoms with Crippen molar-refractivity contribution in [1.29, 1.82) is 0 Å². The number of hydrogen-bond acceptors (Lipinski definition) is 24. The van der Waals surface area contributed by atoms with Gasteiger partial charge in [0.2, 0.25) is 42.0 Å². The topological polar surface area (TPSA) is 433 Å². The highest BCUT2D eigenvalue weighted by atomic mass is 32.2. The van der Waals surface area contributed by atoms with Gasteiger partial charge in [-0.25, -0.2) is 16.5 Å². The monoisotopic (exact) mass is 1320 g/mol. The van der Waals surface area contributed by atoms with E-state index in [1.165, 1.54) is 36.5 Å². The van der Waals surface area contributed by atoms with Crippen molar-refractivity contribution < 1.29 is 92.9 Å². The van der Waals surface area contributed by atoms with E-state index >= 15 is 0 Å². The summed E-state index contributed by atoms with van der Waals surface area (Å²) in [5.41, 5.74) is 2.15.